The molecule has 2 aromatic rings. The van der Waals surface area contributed by atoms with E-state index in [1.54, 1.807) is 12.1 Å². The Kier molecular flexibility index (Phi) is 3.64. The topological polar surface area (TPSA) is 17.8 Å². The number of hydrogen-bond donors (Lipinski definition) is 0. The Morgan fingerprint density at radius 1 is 1.27 bits per heavy atom. The zero-order chi connectivity index (χ0) is 15.9. The van der Waals surface area contributed by atoms with Crippen LogP contribution in [0.3, 0.4) is 0 Å². The first kappa shape index (κ1) is 14.6. The van der Waals surface area contributed by atoms with E-state index in [0.29, 0.717) is 12.1 Å². The molecule has 0 aromatic carbocycles. The molecule has 0 fully saturated rings. The van der Waals surface area contributed by atoms with E-state index in [9.17, 15) is 13.2 Å². The van der Waals surface area contributed by atoms with Gasteiger partial charge in [0.15, 0.2) is 11.7 Å². The number of nitrogens with zero attached hydrogens (tertiary/aromatic N) is 2. The van der Waals surface area contributed by atoms with Crippen molar-refractivity contribution in [2.24, 2.45) is 0 Å². The molecular formula is C17H15F3N2. The molecule has 2 nitrogen and oxygen atoms in total. The molecule has 0 saturated carbocycles. The molecule has 0 spiro atoms. The maximum atomic E-state index is 14.0. The molecule has 2 aromatic heterocycles. The Hall–Kier alpha value is -2.30. The lowest BCUT2D eigenvalue weighted by atomic mass is 9.96. The summed E-state index contributed by atoms with van der Waals surface area (Å²) in [5.41, 5.74) is 3.28. The monoisotopic (exact) mass is 304 g/mol. The molecule has 0 radical (unpaired) electrons. The number of aryl methyl sites for hydroxylation is 1. The highest BCUT2D eigenvalue weighted by Crippen LogP contribution is 2.38. The van der Waals surface area contributed by atoms with E-state index in [-0.39, 0.29) is 18.4 Å². The van der Waals surface area contributed by atoms with E-state index in [0.717, 1.165) is 16.6 Å². The Morgan fingerprint density at radius 2 is 2.05 bits per heavy atom. The van der Waals surface area contributed by atoms with Gasteiger partial charge in [-0.25, -0.2) is 13.2 Å². The van der Waals surface area contributed by atoms with Crippen LogP contribution < -0.4 is 0 Å². The third kappa shape index (κ3) is 2.26. The molecule has 0 N–H and O–H groups in total. The number of fused-ring (bicyclic) bond motifs is 1. The van der Waals surface area contributed by atoms with E-state index >= 15 is 0 Å². The van der Waals surface area contributed by atoms with Crippen LogP contribution in [0.5, 0.6) is 0 Å². The molecule has 0 bridgehead atoms. The molecule has 5 heteroatoms. The molecule has 0 aliphatic heterocycles. The average molecular weight is 304 g/mol. The first-order chi connectivity index (χ1) is 10.5. The van der Waals surface area contributed by atoms with Crippen molar-refractivity contribution in [3.05, 3.63) is 59.7 Å². The standard InChI is InChI=1S/C17H15F3N2/c1-3-6-22-9-10(2)17-14(22)7-11(8-21-17)12-4-5-13(18)16(20)15(12)19/h3,7-9H,1,4-6H2,2H3. The minimum absolute atomic E-state index is 0.124. The van der Waals surface area contributed by atoms with Crippen molar-refractivity contribution in [1.29, 1.82) is 0 Å². The number of allylic oxidation sites excluding steroid dienone is 5. The van der Waals surface area contributed by atoms with Crippen molar-refractivity contribution < 1.29 is 13.2 Å². The first-order valence-corrected chi connectivity index (χ1v) is 7.03. The highest BCUT2D eigenvalue weighted by molar-refractivity contribution is 5.84. The van der Waals surface area contributed by atoms with Gasteiger partial charge in [-0.05, 0) is 25.0 Å². The maximum Gasteiger partial charge on any atom is 0.190 e. The van der Waals surface area contributed by atoms with Crippen molar-refractivity contribution in [2.75, 3.05) is 0 Å². The Bertz CT molecular complexity index is 828. The fraction of sp³-hybridized carbons (Fsp3) is 0.235. The predicted octanol–water partition coefficient (Wildman–Crippen LogP) is 5.16. The molecule has 0 saturated heterocycles. The fourth-order valence-corrected chi connectivity index (χ4v) is 2.77. The van der Waals surface area contributed by atoms with Gasteiger partial charge in [0, 0.05) is 36.5 Å². The van der Waals surface area contributed by atoms with Crippen molar-refractivity contribution in [3.8, 4) is 0 Å². The van der Waals surface area contributed by atoms with E-state index < -0.39 is 17.5 Å². The summed E-state index contributed by atoms with van der Waals surface area (Å²) in [6.45, 7) is 6.24. The molecule has 2 heterocycles. The van der Waals surface area contributed by atoms with Crippen molar-refractivity contribution >= 4 is 16.6 Å². The van der Waals surface area contributed by atoms with Gasteiger partial charge in [-0.2, -0.15) is 0 Å². The SMILES string of the molecule is C=CCn1cc(C)c2ncc(C3=C(F)C(F)=C(F)CC3)cc21. The van der Waals surface area contributed by atoms with Crippen LogP contribution in [0.15, 0.2) is 48.6 Å². The molecule has 114 valence electrons. The summed E-state index contributed by atoms with van der Waals surface area (Å²) >= 11 is 0. The molecule has 22 heavy (non-hydrogen) atoms. The largest absolute Gasteiger partial charge is 0.342 e. The smallest absolute Gasteiger partial charge is 0.190 e. The van der Waals surface area contributed by atoms with Crippen molar-refractivity contribution in [3.63, 3.8) is 0 Å². The second-order valence-corrected chi connectivity index (χ2v) is 5.36. The number of hydrogen-bond acceptors (Lipinski definition) is 1. The van der Waals surface area contributed by atoms with Crippen LogP contribution in [0, 0.1) is 6.92 Å². The van der Waals surface area contributed by atoms with Gasteiger partial charge in [-0.1, -0.05) is 6.08 Å². The van der Waals surface area contributed by atoms with Gasteiger partial charge in [0.25, 0.3) is 0 Å². The van der Waals surface area contributed by atoms with E-state index in [1.807, 2.05) is 17.7 Å². The molecule has 0 atom stereocenters. The summed E-state index contributed by atoms with van der Waals surface area (Å²) in [6, 6.07) is 1.77. The van der Waals surface area contributed by atoms with Gasteiger partial charge in [-0.15, -0.1) is 6.58 Å². The summed E-state index contributed by atoms with van der Waals surface area (Å²) in [7, 11) is 0. The quantitative estimate of drug-likeness (QED) is 0.717. The highest BCUT2D eigenvalue weighted by atomic mass is 19.2. The molecule has 1 aliphatic carbocycles. The van der Waals surface area contributed by atoms with Gasteiger partial charge in [-0.3, -0.25) is 4.98 Å². The van der Waals surface area contributed by atoms with Crippen LogP contribution >= 0.6 is 0 Å². The Balaban J connectivity index is 2.17. The van der Waals surface area contributed by atoms with Crippen LogP contribution in [-0.2, 0) is 6.54 Å². The van der Waals surface area contributed by atoms with E-state index in [1.165, 1.54) is 6.20 Å². The zero-order valence-electron chi connectivity index (χ0n) is 12.2. The molecule has 1 aliphatic rings. The number of rotatable bonds is 3. The van der Waals surface area contributed by atoms with E-state index in [4.69, 9.17) is 0 Å². The fourth-order valence-electron chi connectivity index (χ4n) is 2.77. The van der Waals surface area contributed by atoms with Crippen molar-refractivity contribution in [2.45, 2.75) is 26.3 Å². The number of aromatic nitrogens is 2. The van der Waals surface area contributed by atoms with Gasteiger partial charge >= 0.3 is 0 Å². The summed E-state index contributed by atoms with van der Waals surface area (Å²) in [5, 5.41) is 0. The zero-order valence-corrected chi connectivity index (χ0v) is 12.2. The van der Waals surface area contributed by atoms with Crippen LogP contribution in [0.4, 0.5) is 13.2 Å². The summed E-state index contributed by atoms with van der Waals surface area (Å²) in [4.78, 5) is 4.35. The van der Waals surface area contributed by atoms with Gasteiger partial charge in [0.1, 0.15) is 5.83 Å². The predicted molar refractivity (Wildman–Crippen MR) is 81.2 cm³/mol. The normalized spacial score (nSPS) is 15.8. The first-order valence-electron chi connectivity index (χ1n) is 7.03. The van der Waals surface area contributed by atoms with Crippen LogP contribution in [0.1, 0.15) is 24.0 Å². The number of pyridine rings is 1. The third-order valence-corrected chi connectivity index (χ3v) is 3.86. The van der Waals surface area contributed by atoms with Crippen LogP contribution in [0.25, 0.3) is 16.6 Å². The second kappa shape index (κ2) is 5.48. The molecule has 0 unspecified atom stereocenters. The van der Waals surface area contributed by atoms with Crippen molar-refractivity contribution in [1.82, 2.24) is 9.55 Å². The Morgan fingerprint density at radius 3 is 2.77 bits per heavy atom. The Labute approximate surface area is 126 Å². The minimum atomic E-state index is -1.39. The molecule has 3 rings (SSSR count). The lowest BCUT2D eigenvalue weighted by molar-refractivity contribution is 0.466. The summed E-state index contributed by atoms with van der Waals surface area (Å²) < 4.78 is 42.5. The molecular weight excluding hydrogens is 289 g/mol. The minimum Gasteiger partial charge on any atom is -0.342 e. The van der Waals surface area contributed by atoms with E-state index in [2.05, 4.69) is 11.6 Å². The lowest BCUT2D eigenvalue weighted by Gasteiger charge is -2.14. The summed E-state index contributed by atoms with van der Waals surface area (Å²) in [6.07, 6.45) is 5.20. The second-order valence-electron chi connectivity index (χ2n) is 5.36. The van der Waals surface area contributed by atoms with Crippen LogP contribution in [-0.4, -0.2) is 9.55 Å². The molecule has 0 amide bonds. The highest BCUT2D eigenvalue weighted by Gasteiger charge is 2.24. The number of halogens is 3. The lowest BCUT2D eigenvalue weighted by Crippen LogP contribution is -2.00. The average Bonchev–Trinajstić information content (AvgIpc) is 2.81. The maximum absolute atomic E-state index is 14.0. The summed E-state index contributed by atoms with van der Waals surface area (Å²) in [5.74, 6) is -3.54. The third-order valence-electron chi connectivity index (χ3n) is 3.86. The van der Waals surface area contributed by atoms with Gasteiger partial charge in [0.05, 0.1) is 11.0 Å². The van der Waals surface area contributed by atoms with Crippen LogP contribution in [0.2, 0.25) is 0 Å². The van der Waals surface area contributed by atoms with Gasteiger partial charge < -0.3 is 4.57 Å². The van der Waals surface area contributed by atoms with Gasteiger partial charge in [0.2, 0.25) is 0 Å².